The highest BCUT2D eigenvalue weighted by Crippen LogP contribution is 2.39. The smallest absolute Gasteiger partial charge is 0.251 e. The van der Waals surface area contributed by atoms with Crippen molar-refractivity contribution < 1.29 is 28.2 Å². The van der Waals surface area contributed by atoms with E-state index in [0.29, 0.717) is 52.2 Å². The number of aryl methyl sites for hydroxylation is 1. The molecule has 1 saturated heterocycles. The van der Waals surface area contributed by atoms with Crippen molar-refractivity contribution >= 4 is 16.8 Å². The average molecular weight is 563 g/mol. The number of ether oxygens (including phenoxy) is 2. The number of carbonyl (C=O) groups is 1. The van der Waals surface area contributed by atoms with Crippen molar-refractivity contribution in [1.29, 1.82) is 0 Å². The Bertz CT molecular complexity index is 1600. The number of carbonyl (C=O) groups excluding carboxylic acids is 1. The Kier molecular flexibility index (Phi) is 7.72. The van der Waals surface area contributed by atoms with Gasteiger partial charge in [0.05, 0.1) is 30.6 Å². The number of methoxy groups -OCH3 is 1. The van der Waals surface area contributed by atoms with Crippen molar-refractivity contribution in [3.8, 4) is 17.0 Å². The van der Waals surface area contributed by atoms with Crippen LogP contribution in [0.5, 0.6) is 5.75 Å². The summed E-state index contributed by atoms with van der Waals surface area (Å²) in [5.41, 5.74) is -0.294. The zero-order valence-electron chi connectivity index (χ0n) is 23.4. The van der Waals surface area contributed by atoms with Crippen LogP contribution in [0.25, 0.3) is 22.2 Å². The molecule has 1 aliphatic rings. The van der Waals surface area contributed by atoms with Gasteiger partial charge in [-0.1, -0.05) is 0 Å². The van der Waals surface area contributed by atoms with E-state index in [4.69, 9.17) is 9.47 Å². The molecule has 5 rings (SSSR count). The second-order valence-corrected chi connectivity index (χ2v) is 10.9. The first-order chi connectivity index (χ1) is 19.5. The molecule has 0 radical (unpaired) electrons. The van der Waals surface area contributed by atoms with Crippen LogP contribution in [0, 0.1) is 18.6 Å². The van der Waals surface area contributed by atoms with E-state index >= 15 is 4.39 Å². The molecule has 2 N–H and O–H groups in total. The number of amides is 1. The monoisotopic (exact) mass is 562 g/mol. The predicted octanol–water partition coefficient (Wildman–Crippen LogP) is 5.34. The van der Waals surface area contributed by atoms with Crippen molar-refractivity contribution in [2.45, 2.75) is 51.2 Å². The molecule has 41 heavy (non-hydrogen) atoms. The summed E-state index contributed by atoms with van der Waals surface area (Å²) >= 11 is 0. The molecule has 1 aliphatic heterocycles. The third-order valence-electron chi connectivity index (χ3n) is 7.35. The van der Waals surface area contributed by atoms with Gasteiger partial charge in [-0.25, -0.2) is 13.8 Å². The second kappa shape index (κ2) is 11.1. The molecule has 10 heteroatoms. The minimum Gasteiger partial charge on any atom is -0.494 e. The molecular formula is C31H32F2N4O4. The van der Waals surface area contributed by atoms with Crippen LogP contribution < -0.4 is 10.1 Å². The zero-order valence-corrected chi connectivity index (χ0v) is 23.4. The van der Waals surface area contributed by atoms with Gasteiger partial charge < -0.3 is 19.9 Å². The summed E-state index contributed by atoms with van der Waals surface area (Å²) in [6, 6.07) is 12.0. The Balaban J connectivity index is 1.54. The molecule has 0 saturated carbocycles. The van der Waals surface area contributed by atoms with Crippen LogP contribution in [0.15, 0.2) is 48.5 Å². The Morgan fingerprint density at radius 2 is 1.88 bits per heavy atom. The molecule has 0 bridgehead atoms. The third-order valence-corrected chi connectivity index (χ3v) is 7.35. The third kappa shape index (κ3) is 5.75. The van der Waals surface area contributed by atoms with Gasteiger partial charge in [-0.05, 0) is 88.6 Å². The van der Waals surface area contributed by atoms with Crippen LogP contribution in [0.2, 0.25) is 0 Å². The molecule has 0 aliphatic carbocycles. The largest absolute Gasteiger partial charge is 0.494 e. The van der Waals surface area contributed by atoms with E-state index < -0.39 is 22.8 Å². The van der Waals surface area contributed by atoms with Gasteiger partial charge in [0.1, 0.15) is 28.4 Å². The Morgan fingerprint density at radius 3 is 2.54 bits per heavy atom. The lowest BCUT2D eigenvalue weighted by Gasteiger charge is -2.38. The van der Waals surface area contributed by atoms with Gasteiger partial charge in [0.2, 0.25) is 0 Å². The van der Waals surface area contributed by atoms with E-state index in [2.05, 4.69) is 20.5 Å². The Hall–Kier alpha value is -4.02. The number of nitrogens with zero attached hydrogens (tertiary/aromatic N) is 3. The number of halogens is 2. The molecule has 8 nitrogen and oxygen atoms in total. The van der Waals surface area contributed by atoms with Crippen LogP contribution in [-0.2, 0) is 15.9 Å². The SMILES string of the molecule is COc1cc(C(=O)NC[C@]2(c3cc(C(C)(C)O)c(F)c(-c4ccc(F)cc4)n3)CCCCO2)cc2cc(C)nnc12. The molecule has 1 atom stereocenters. The zero-order chi connectivity index (χ0) is 29.4. The number of aromatic nitrogens is 3. The molecule has 214 valence electrons. The highest BCUT2D eigenvalue weighted by Gasteiger charge is 2.40. The summed E-state index contributed by atoms with van der Waals surface area (Å²) in [6.45, 7) is 5.25. The lowest BCUT2D eigenvalue weighted by atomic mass is 9.86. The standard InChI is InChI=1S/C31H32F2N4O4/c1-18-13-20-14-21(15-24(40-4)27(20)37-36-18)29(38)34-17-31(11-5-6-12-41-31)25-16-23(30(2,3)39)26(33)28(35-25)19-7-9-22(32)10-8-19/h7-10,13-16,39H,5-6,11-12,17H2,1-4H3,(H,34,38)/t31-/m0/s1. The van der Waals surface area contributed by atoms with Gasteiger partial charge in [-0.15, -0.1) is 5.10 Å². The van der Waals surface area contributed by atoms with E-state index in [1.807, 2.05) is 13.0 Å². The van der Waals surface area contributed by atoms with Crippen molar-refractivity contribution in [2.24, 2.45) is 0 Å². The van der Waals surface area contributed by atoms with Crippen molar-refractivity contribution in [1.82, 2.24) is 20.5 Å². The summed E-state index contributed by atoms with van der Waals surface area (Å²) in [6.07, 6.45) is 2.12. The number of fused-ring (bicyclic) bond motifs is 1. The van der Waals surface area contributed by atoms with Gasteiger partial charge in [-0.3, -0.25) is 4.79 Å². The first kappa shape index (κ1) is 28.5. The maximum atomic E-state index is 15.7. The normalized spacial score (nSPS) is 17.4. The van der Waals surface area contributed by atoms with Crippen molar-refractivity contribution in [3.63, 3.8) is 0 Å². The van der Waals surface area contributed by atoms with Crippen molar-refractivity contribution in [2.75, 3.05) is 20.3 Å². The minimum atomic E-state index is -1.54. The fraction of sp³-hybridized carbons (Fsp3) is 0.355. The number of hydrogen-bond acceptors (Lipinski definition) is 7. The minimum absolute atomic E-state index is 0.0254. The lowest BCUT2D eigenvalue weighted by Crippen LogP contribution is -2.45. The topological polar surface area (TPSA) is 106 Å². The second-order valence-electron chi connectivity index (χ2n) is 10.9. The molecule has 2 aromatic carbocycles. The van der Waals surface area contributed by atoms with E-state index in [0.717, 1.165) is 12.8 Å². The molecular weight excluding hydrogens is 530 g/mol. The molecule has 4 aromatic rings. The quantitative estimate of drug-likeness (QED) is 0.313. The molecule has 1 fully saturated rings. The summed E-state index contributed by atoms with van der Waals surface area (Å²) in [5, 5.41) is 22.8. The molecule has 1 amide bonds. The Morgan fingerprint density at radius 1 is 1.12 bits per heavy atom. The van der Waals surface area contributed by atoms with Crippen LogP contribution in [-0.4, -0.2) is 46.5 Å². The molecule has 0 spiro atoms. The van der Waals surface area contributed by atoms with Gasteiger partial charge in [0.25, 0.3) is 5.91 Å². The average Bonchev–Trinajstić information content (AvgIpc) is 2.95. The van der Waals surface area contributed by atoms with E-state index in [-0.39, 0.29) is 23.7 Å². The number of rotatable bonds is 7. The van der Waals surface area contributed by atoms with Gasteiger partial charge in [-0.2, -0.15) is 5.10 Å². The summed E-state index contributed by atoms with van der Waals surface area (Å²) in [7, 11) is 1.50. The summed E-state index contributed by atoms with van der Waals surface area (Å²) in [4.78, 5) is 18.1. The maximum absolute atomic E-state index is 15.7. The number of pyridine rings is 1. The summed E-state index contributed by atoms with van der Waals surface area (Å²) < 4.78 is 41.1. The van der Waals surface area contributed by atoms with E-state index in [9.17, 15) is 14.3 Å². The van der Waals surface area contributed by atoms with E-state index in [1.54, 1.807) is 12.1 Å². The number of aliphatic hydroxyl groups is 1. The van der Waals surface area contributed by atoms with Crippen LogP contribution in [0.3, 0.4) is 0 Å². The fourth-order valence-corrected chi connectivity index (χ4v) is 5.13. The molecule has 2 aromatic heterocycles. The van der Waals surface area contributed by atoms with Gasteiger partial charge >= 0.3 is 0 Å². The van der Waals surface area contributed by atoms with Gasteiger partial charge in [0, 0.05) is 28.7 Å². The lowest BCUT2D eigenvalue weighted by molar-refractivity contribution is -0.0838. The maximum Gasteiger partial charge on any atom is 0.251 e. The first-order valence-electron chi connectivity index (χ1n) is 13.4. The van der Waals surface area contributed by atoms with Crippen molar-refractivity contribution in [3.05, 3.63) is 82.7 Å². The fourth-order valence-electron chi connectivity index (χ4n) is 5.13. The number of hydrogen-bond donors (Lipinski definition) is 2. The predicted molar refractivity (Wildman–Crippen MR) is 149 cm³/mol. The molecule has 3 heterocycles. The van der Waals surface area contributed by atoms with Gasteiger partial charge in [0.15, 0.2) is 5.82 Å². The Labute approximate surface area is 236 Å². The van der Waals surface area contributed by atoms with E-state index in [1.165, 1.54) is 51.3 Å². The van der Waals surface area contributed by atoms with Crippen LogP contribution in [0.4, 0.5) is 8.78 Å². The van der Waals surface area contributed by atoms with Crippen LogP contribution in [0.1, 0.15) is 60.4 Å². The molecule has 0 unspecified atom stereocenters. The van der Waals surface area contributed by atoms with Crippen LogP contribution >= 0.6 is 0 Å². The number of benzene rings is 2. The number of nitrogens with one attached hydrogen (secondary N) is 1. The summed E-state index contributed by atoms with van der Waals surface area (Å²) in [5.74, 6) is -1.11. The first-order valence-corrected chi connectivity index (χ1v) is 13.4. The highest BCUT2D eigenvalue weighted by molar-refractivity contribution is 5.99. The highest BCUT2D eigenvalue weighted by atomic mass is 19.1.